The molecule has 1 aromatic carbocycles. The molecule has 0 amide bonds. The van der Waals surface area contributed by atoms with Crippen molar-refractivity contribution < 1.29 is 0 Å². The molecule has 1 rings (SSSR count). The van der Waals surface area contributed by atoms with Crippen LogP contribution in [0.1, 0.15) is 50.3 Å². The van der Waals surface area contributed by atoms with Gasteiger partial charge in [-0.3, -0.25) is 0 Å². The zero-order chi connectivity index (χ0) is 13.4. The van der Waals surface area contributed by atoms with E-state index in [1.807, 2.05) is 18.2 Å². The predicted molar refractivity (Wildman–Crippen MR) is 78.3 cm³/mol. The van der Waals surface area contributed by atoms with E-state index >= 15 is 0 Å². The van der Waals surface area contributed by atoms with Gasteiger partial charge in [-0.2, -0.15) is 0 Å². The molecule has 0 bridgehead atoms. The van der Waals surface area contributed by atoms with Gasteiger partial charge in [0, 0.05) is 0 Å². The van der Waals surface area contributed by atoms with E-state index in [1.54, 1.807) is 13.8 Å². The zero-order valence-electron chi connectivity index (χ0n) is 11.1. The molecule has 0 N–H and O–H groups in total. The van der Waals surface area contributed by atoms with Gasteiger partial charge >= 0.3 is 0 Å². The molecule has 0 heterocycles. The van der Waals surface area contributed by atoms with Crippen molar-refractivity contribution in [3.8, 4) is 0 Å². The molecule has 1 aromatic rings. The van der Waals surface area contributed by atoms with E-state index in [-0.39, 0.29) is 5.92 Å². The van der Waals surface area contributed by atoms with Crippen LogP contribution in [-0.4, -0.2) is 31.4 Å². The van der Waals surface area contributed by atoms with Gasteiger partial charge in [-0.25, -0.2) is 0 Å². The van der Waals surface area contributed by atoms with Crippen molar-refractivity contribution in [3.63, 3.8) is 0 Å². The highest BCUT2D eigenvalue weighted by molar-refractivity contribution is 6.41. The molecule has 0 fully saturated rings. The predicted octanol–water partition coefficient (Wildman–Crippen LogP) is 1.83. The third-order valence-electron chi connectivity index (χ3n) is 2.84. The van der Waals surface area contributed by atoms with E-state index in [4.69, 9.17) is 31.4 Å². The van der Waals surface area contributed by atoms with Crippen LogP contribution in [0.25, 0.3) is 0 Å². The Bertz CT molecular complexity index is 365. The Kier molecular flexibility index (Phi) is 3.96. The molecule has 4 heteroatoms. The van der Waals surface area contributed by atoms with E-state index < -0.39 is 10.4 Å². The molecular weight excluding hydrogens is 199 g/mol. The van der Waals surface area contributed by atoms with Crippen LogP contribution in [0, 0.1) is 0 Å². The smallest absolute Gasteiger partial charge is 0.0679 e. The summed E-state index contributed by atoms with van der Waals surface area (Å²) in [6.07, 6.45) is 0. The first-order valence-corrected chi connectivity index (χ1v) is 5.84. The maximum atomic E-state index is 6.00. The molecular formula is C13H16B4. The molecule has 0 atom stereocenters. The van der Waals surface area contributed by atoms with Crippen molar-refractivity contribution in [2.24, 2.45) is 0 Å². The molecule has 0 saturated carbocycles. The van der Waals surface area contributed by atoms with Crippen molar-refractivity contribution in [2.45, 2.75) is 44.0 Å². The molecule has 0 nitrogen and oxygen atoms in total. The van der Waals surface area contributed by atoms with Gasteiger partial charge in [-0.15, -0.1) is 0 Å². The van der Waals surface area contributed by atoms with Crippen LogP contribution in [0.2, 0.25) is 0 Å². The summed E-state index contributed by atoms with van der Waals surface area (Å²) in [7, 11) is 24.0. The van der Waals surface area contributed by atoms with Gasteiger partial charge in [0.2, 0.25) is 0 Å². The molecule has 17 heavy (non-hydrogen) atoms. The van der Waals surface area contributed by atoms with Crippen LogP contribution in [0.5, 0.6) is 0 Å². The average Bonchev–Trinajstić information content (AvgIpc) is 2.13. The molecule has 0 saturated heterocycles. The van der Waals surface area contributed by atoms with Crippen LogP contribution >= 0.6 is 0 Å². The lowest BCUT2D eigenvalue weighted by Crippen LogP contribution is -2.29. The molecule has 0 spiro atoms. The van der Waals surface area contributed by atoms with Crippen molar-refractivity contribution in [2.75, 3.05) is 0 Å². The molecule has 0 aliphatic carbocycles. The minimum absolute atomic E-state index is 0.263. The second-order valence-electron chi connectivity index (χ2n) is 5.49. The van der Waals surface area contributed by atoms with Crippen LogP contribution in [-0.2, 0) is 10.4 Å². The number of hydrogen-bond acceptors (Lipinski definition) is 0. The van der Waals surface area contributed by atoms with E-state index in [2.05, 4.69) is 13.8 Å². The maximum absolute atomic E-state index is 6.00. The second-order valence-corrected chi connectivity index (χ2v) is 5.49. The fraction of sp³-hybridized carbons (Fsp3) is 0.538. The molecule has 0 aliphatic rings. The number of benzene rings is 1. The summed E-state index contributed by atoms with van der Waals surface area (Å²) in [6, 6.07) is 5.77. The minimum atomic E-state index is -0.888. The first kappa shape index (κ1) is 14.5. The lowest BCUT2D eigenvalue weighted by Gasteiger charge is -2.32. The van der Waals surface area contributed by atoms with Gasteiger partial charge in [0.1, 0.15) is 0 Å². The van der Waals surface area contributed by atoms with Crippen LogP contribution < -0.4 is 0 Å². The Labute approximate surface area is 111 Å². The molecule has 0 unspecified atom stereocenters. The van der Waals surface area contributed by atoms with Crippen molar-refractivity contribution in [3.05, 3.63) is 34.9 Å². The van der Waals surface area contributed by atoms with Gasteiger partial charge in [-0.1, -0.05) is 67.4 Å². The number of hydrogen-bond donors (Lipinski definition) is 0. The topological polar surface area (TPSA) is 0 Å². The monoisotopic (exact) mass is 216 g/mol. The van der Waals surface area contributed by atoms with Crippen molar-refractivity contribution >= 4 is 31.4 Å². The van der Waals surface area contributed by atoms with Crippen LogP contribution in [0.15, 0.2) is 18.2 Å². The highest BCUT2D eigenvalue weighted by Gasteiger charge is 2.25. The lowest BCUT2D eigenvalue weighted by molar-refractivity contribution is 0.785. The average molecular weight is 216 g/mol. The van der Waals surface area contributed by atoms with Gasteiger partial charge in [0.15, 0.2) is 0 Å². The Hall–Kier alpha value is -0.520. The molecule has 0 aliphatic heterocycles. The second kappa shape index (κ2) is 4.63. The summed E-state index contributed by atoms with van der Waals surface area (Å²) in [6.45, 7) is 7.73. The third-order valence-corrected chi connectivity index (χ3v) is 2.84. The van der Waals surface area contributed by atoms with E-state index in [0.717, 1.165) is 16.7 Å². The van der Waals surface area contributed by atoms with Crippen molar-refractivity contribution in [1.82, 2.24) is 0 Å². The normalized spacial score (nSPS) is 13.0. The van der Waals surface area contributed by atoms with Crippen LogP contribution in [0.4, 0.5) is 0 Å². The van der Waals surface area contributed by atoms with Gasteiger partial charge in [0.25, 0.3) is 0 Å². The maximum Gasteiger partial charge on any atom is 0.0679 e. The first-order valence-electron chi connectivity index (χ1n) is 5.84. The fourth-order valence-corrected chi connectivity index (χ4v) is 2.13. The van der Waals surface area contributed by atoms with Gasteiger partial charge in [0.05, 0.1) is 31.4 Å². The fourth-order valence-electron chi connectivity index (χ4n) is 2.13. The standard InChI is InChI=1S/C13H16B4/c1-8(2)11-9(12(3,14)15)6-5-7-10(11)13(4,16)17/h5-8H,1-4H3. The summed E-state index contributed by atoms with van der Waals surface area (Å²) >= 11 is 0. The van der Waals surface area contributed by atoms with Crippen LogP contribution in [0.3, 0.4) is 0 Å². The van der Waals surface area contributed by atoms with E-state index in [9.17, 15) is 0 Å². The summed E-state index contributed by atoms with van der Waals surface area (Å²) in [5, 5.41) is -1.78. The highest BCUT2D eigenvalue weighted by atomic mass is 14.2. The van der Waals surface area contributed by atoms with Gasteiger partial charge < -0.3 is 0 Å². The van der Waals surface area contributed by atoms with Crippen molar-refractivity contribution in [1.29, 1.82) is 0 Å². The SMILES string of the molecule is [B]C([B])(C)c1cccc(C([B])([B])C)c1C(C)C. The van der Waals surface area contributed by atoms with Gasteiger partial charge in [-0.05, 0) is 11.5 Å². The summed E-state index contributed by atoms with van der Waals surface area (Å²) in [4.78, 5) is 0. The molecule has 8 radical (unpaired) electrons. The lowest BCUT2D eigenvalue weighted by atomic mass is 9.47. The number of rotatable bonds is 3. The zero-order valence-corrected chi connectivity index (χ0v) is 11.1. The molecule has 80 valence electrons. The quantitative estimate of drug-likeness (QED) is 0.675. The summed E-state index contributed by atoms with van der Waals surface area (Å²) in [5.74, 6) is 0.263. The Balaban J connectivity index is 3.55. The summed E-state index contributed by atoms with van der Waals surface area (Å²) in [5.41, 5.74) is 2.84. The Morgan fingerprint density at radius 1 is 0.882 bits per heavy atom. The Morgan fingerprint density at radius 2 is 1.24 bits per heavy atom. The van der Waals surface area contributed by atoms with E-state index in [0.29, 0.717) is 0 Å². The Morgan fingerprint density at radius 3 is 1.47 bits per heavy atom. The third kappa shape index (κ3) is 3.24. The molecule has 0 aromatic heterocycles. The summed E-state index contributed by atoms with van der Waals surface area (Å²) < 4.78 is 0. The van der Waals surface area contributed by atoms with E-state index in [1.165, 1.54) is 0 Å². The minimum Gasteiger partial charge on any atom is -0.0779 e. The first-order chi connectivity index (χ1) is 7.55. The highest BCUT2D eigenvalue weighted by Crippen LogP contribution is 2.34. The largest absolute Gasteiger partial charge is 0.0779 e.